The molecule has 0 unspecified atom stereocenters. The van der Waals surface area contributed by atoms with Gasteiger partial charge in [0, 0.05) is 36.5 Å². The molecule has 184 valence electrons. The van der Waals surface area contributed by atoms with Gasteiger partial charge in [-0.2, -0.15) is 0 Å². The minimum atomic E-state index is -0.680. The summed E-state index contributed by atoms with van der Waals surface area (Å²) >= 11 is 0. The molecule has 34 heavy (non-hydrogen) atoms. The van der Waals surface area contributed by atoms with Crippen LogP contribution in [0.4, 0.5) is 4.79 Å². The molecular formula is C23H29N3O8. The summed E-state index contributed by atoms with van der Waals surface area (Å²) in [6, 6.07) is 4.55. The molecule has 0 saturated carbocycles. The Kier molecular flexibility index (Phi) is 13.1. The van der Waals surface area contributed by atoms with Crippen LogP contribution in [0.15, 0.2) is 30.4 Å². The van der Waals surface area contributed by atoms with Crippen molar-refractivity contribution in [1.29, 1.82) is 0 Å². The summed E-state index contributed by atoms with van der Waals surface area (Å²) in [6.45, 7) is 6.60. The van der Waals surface area contributed by atoms with Crippen molar-refractivity contribution in [1.82, 2.24) is 5.32 Å². The summed E-state index contributed by atoms with van der Waals surface area (Å²) in [5.74, 6) is 2.69. The maximum Gasteiger partial charge on any atom is 0.407 e. The fourth-order valence-electron chi connectivity index (χ4n) is 2.43. The third-order valence-corrected chi connectivity index (χ3v) is 4.12. The summed E-state index contributed by atoms with van der Waals surface area (Å²) in [4.78, 5) is 44.7. The van der Waals surface area contributed by atoms with E-state index in [0.717, 1.165) is 0 Å². The molecule has 1 aromatic carbocycles. The fourth-order valence-corrected chi connectivity index (χ4v) is 2.43. The summed E-state index contributed by atoms with van der Waals surface area (Å²) in [5.41, 5.74) is 12.3. The van der Waals surface area contributed by atoms with Crippen LogP contribution in [0.5, 0.6) is 0 Å². The van der Waals surface area contributed by atoms with Crippen molar-refractivity contribution in [3.8, 4) is 0 Å². The van der Waals surface area contributed by atoms with Crippen LogP contribution in [0.3, 0.4) is 0 Å². The first-order valence-corrected chi connectivity index (χ1v) is 10.3. The third-order valence-electron chi connectivity index (χ3n) is 4.12. The Morgan fingerprint density at radius 2 is 1.41 bits per heavy atom. The minimum absolute atomic E-state index is 0.0382. The smallest absolute Gasteiger partial charge is 0.407 e. The number of hydrogen-bond donors (Lipinski definition) is 3. The Bertz CT molecular complexity index is 921. The number of esters is 1. The van der Waals surface area contributed by atoms with Crippen LogP contribution in [0.2, 0.25) is 0 Å². The van der Waals surface area contributed by atoms with Crippen LogP contribution in [-0.4, -0.2) is 63.6 Å². The maximum absolute atomic E-state index is 11.9. The van der Waals surface area contributed by atoms with Crippen molar-refractivity contribution in [2.75, 3.05) is 39.6 Å². The number of nitrogens with one attached hydrogen (secondary N) is 1. The quantitative estimate of drug-likeness (QED) is 0.142. The fraction of sp³-hybridized carbons (Fsp3) is 0.391. The first-order chi connectivity index (χ1) is 16.3. The van der Waals surface area contributed by atoms with E-state index in [-0.39, 0.29) is 44.4 Å². The molecular weight excluding hydrogens is 446 g/mol. The molecule has 0 heterocycles. The molecule has 0 aliphatic rings. The van der Waals surface area contributed by atoms with Gasteiger partial charge in [0.05, 0.1) is 13.2 Å². The molecule has 0 aromatic heterocycles. The van der Waals surface area contributed by atoms with Crippen LogP contribution < -0.4 is 16.8 Å². The lowest BCUT2D eigenvalue weighted by atomic mass is 10.0. The molecule has 0 aliphatic heterocycles. The summed E-state index contributed by atoms with van der Waals surface area (Å²) < 4.78 is 20.5. The molecule has 1 amide bonds. The number of nitrogens with two attached hydrogens (primary N) is 2. The zero-order chi connectivity index (χ0) is 25.3. The molecule has 0 saturated heterocycles. The summed E-state index contributed by atoms with van der Waals surface area (Å²) in [7, 11) is 0. The van der Waals surface area contributed by atoms with E-state index in [0.29, 0.717) is 41.9 Å². The highest BCUT2D eigenvalue weighted by atomic mass is 16.6. The molecule has 11 nitrogen and oxygen atoms in total. The Morgan fingerprint density at radius 1 is 0.882 bits per heavy atom. The van der Waals surface area contributed by atoms with Crippen molar-refractivity contribution < 1.29 is 38.1 Å². The number of ether oxygens (including phenoxy) is 4. The van der Waals surface area contributed by atoms with Gasteiger partial charge in [0.15, 0.2) is 11.9 Å². The van der Waals surface area contributed by atoms with Crippen LogP contribution >= 0.6 is 0 Å². The highest BCUT2D eigenvalue weighted by Gasteiger charge is 2.09. The Balaban J connectivity index is 2.24. The van der Waals surface area contributed by atoms with Gasteiger partial charge < -0.3 is 35.7 Å². The second-order valence-corrected chi connectivity index (χ2v) is 6.93. The van der Waals surface area contributed by atoms with E-state index in [1.165, 1.54) is 6.07 Å². The van der Waals surface area contributed by atoms with E-state index in [1.807, 2.05) is 0 Å². The lowest BCUT2D eigenvalue weighted by molar-refractivity contribution is -0.140. The second-order valence-electron chi connectivity index (χ2n) is 6.93. The van der Waals surface area contributed by atoms with Crippen LogP contribution in [-0.2, 0) is 39.9 Å². The van der Waals surface area contributed by atoms with Crippen molar-refractivity contribution in [3.63, 3.8) is 0 Å². The van der Waals surface area contributed by atoms with Gasteiger partial charge in [-0.25, -0.2) is 19.2 Å². The van der Waals surface area contributed by atoms with Crippen molar-refractivity contribution in [2.45, 2.75) is 19.9 Å². The molecule has 1 rings (SSSR count). The van der Waals surface area contributed by atoms with E-state index in [4.69, 9.17) is 30.4 Å². The van der Waals surface area contributed by atoms with E-state index >= 15 is 0 Å². The first-order valence-electron chi connectivity index (χ1n) is 10.3. The molecule has 0 fully saturated rings. The monoisotopic (exact) mass is 475 g/mol. The van der Waals surface area contributed by atoms with Crippen LogP contribution in [0, 0.1) is 0 Å². The minimum Gasteiger partial charge on any atom is -0.460 e. The van der Waals surface area contributed by atoms with Gasteiger partial charge in [0.25, 0.3) is 0 Å². The number of benzene rings is 1. The van der Waals surface area contributed by atoms with Crippen molar-refractivity contribution in [3.05, 3.63) is 47.0 Å². The molecule has 0 aliphatic carbocycles. The predicted molar refractivity (Wildman–Crippen MR) is 123 cm³/mol. The summed E-state index contributed by atoms with van der Waals surface area (Å²) in [6.07, 6.45) is -0.0586. The normalized spacial score (nSPS) is 9.91. The van der Waals surface area contributed by atoms with E-state index in [9.17, 15) is 19.2 Å². The maximum atomic E-state index is 11.9. The molecule has 0 atom stereocenters. The van der Waals surface area contributed by atoms with Crippen LogP contribution in [0.1, 0.15) is 30.0 Å². The molecule has 1 aromatic rings. The van der Waals surface area contributed by atoms with Crippen LogP contribution in [0.25, 0.3) is 11.4 Å². The second kappa shape index (κ2) is 15.8. The first kappa shape index (κ1) is 28.2. The topological polar surface area (TPSA) is 169 Å². The van der Waals surface area contributed by atoms with Crippen molar-refractivity contribution >= 4 is 35.3 Å². The number of carbonyl (C=O) groups is 2. The average molecular weight is 475 g/mol. The Hall–Kier alpha value is -3.88. The lowest BCUT2D eigenvalue weighted by Crippen LogP contribution is -2.25. The number of rotatable bonds is 15. The molecule has 0 spiro atoms. The van der Waals surface area contributed by atoms with Gasteiger partial charge in [-0.05, 0) is 37.1 Å². The number of alkyl carbamates (subject to hydrolysis) is 1. The third kappa shape index (κ3) is 11.1. The van der Waals surface area contributed by atoms with Gasteiger partial charge in [-0.3, -0.25) is 0 Å². The predicted octanol–water partition coefficient (Wildman–Crippen LogP) is 0.718. The highest BCUT2D eigenvalue weighted by molar-refractivity contribution is 5.90. The van der Waals surface area contributed by atoms with Gasteiger partial charge in [-0.1, -0.05) is 6.58 Å². The van der Waals surface area contributed by atoms with Gasteiger partial charge in [0.2, 0.25) is 0 Å². The molecule has 0 radical (unpaired) electrons. The zero-order valence-corrected chi connectivity index (χ0v) is 19.0. The highest BCUT2D eigenvalue weighted by Crippen LogP contribution is 2.17. The van der Waals surface area contributed by atoms with Crippen molar-refractivity contribution in [2.24, 2.45) is 11.5 Å². The average Bonchev–Trinajstić information content (AvgIpc) is 2.84. The Labute approximate surface area is 197 Å². The SMILES string of the molecule is C=C(C)C(=O)OCCOCCCOCCOC(=O)NCc1cc(C(N)=C=O)cc(C(N)=C=O)c1. The lowest BCUT2D eigenvalue weighted by Gasteiger charge is -2.10. The number of amides is 1. The van der Waals surface area contributed by atoms with E-state index in [2.05, 4.69) is 11.9 Å². The number of carbonyl (C=O) groups excluding carboxylic acids is 4. The zero-order valence-electron chi connectivity index (χ0n) is 19.0. The largest absolute Gasteiger partial charge is 0.460 e. The van der Waals surface area contributed by atoms with E-state index < -0.39 is 12.1 Å². The Morgan fingerprint density at radius 3 is 1.91 bits per heavy atom. The standard InChI is InChI=1S/C23H29N3O8/c1-16(2)22(29)33-8-6-31-4-3-5-32-7-9-34-23(30)26-13-17-10-18(20(24)14-27)12-19(11-17)21(25)15-28/h10-12H,1,3-9,13,24-25H2,2H3,(H,26,30). The molecule has 5 N–H and O–H groups in total. The number of hydrogen-bond acceptors (Lipinski definition) is 10. The molecule has 0 bridgehead atoms. The molecule has 11 heteroatoms. The van der Waals surface area contributed by atoms with Gasteiger partial charge >= 0.3 is 12.1 Å². The van der Waals surface area contributed by atoms with Gasteiger partial charge in [0.1, 0.15) is 24.6 Å². The van der Waals surface area contributed by atoms with Gasteiger partial charge in [-0.15, -0.1) is 0 Å². The van der Waals surface area contributed by atoms with E-state index in [1.54, 1.807) is 30.9 Å². The summed E-state index contributed by atoms with van der Waals surface area (Å²) in [5, 5.41) is 2.54.